The first-order valence-corrected chi connectivity index (χ1v) is 12.7. The Labute approximate surface area is 226 Å². The number of nitrogen functional groups attached to an aromatic ring is 1. The number of nitrogens with two attached hydrogens (primary N) is 1. The molecule has 4 aromatic rings. The average molecular weight is 524 g/mol. The van der Waals surface area contributed by atoms with Gasteiger partial charge in [-0.2, -0.15) is 5.10 Å². The third-order valence-corrected chi connectivity index (χ3v) is 6.81. The molecule has 10 heteroatoms. The Morgan fingerprint density at radius 1 is 1.15 bits per heavy atom. The Hall–Kier alpha value is -4.91. The van der Waals surface area contributed by atoms with Gasteiger partial charge in [-0.3, -0.25) is 9.59 Å². The number of para-hydroxylation sites is 1. The van der Waals surface area contributed by atoms with Crippen LogP contribution in [-0.4, -0.2) is 56.7 Å². The number of benzene rings is 2. The van der Waals surface area contributed by atoms with Gasteiger partial charge in [-0.05, 0) is 43.4 Å². The minimum atomic E-state index is -0.212. The van der Waals surface area contributed by atoms with E-state index in [0.29, 0.717) is 53.5 Å². The molecule has 3 heterocycles. The molecular formula is C29H29N7O3. The Bertz CT molecular complexity index is 1580. The third-order valence-electron chi connectivity index (χ3n) is 6.81. The highest BCUT2D eigenvalue weighted by Gasteiger charge is 2.28. The first-order valence-electron chi connectivity index (χ1n) is 12.7. The predicted molar refractivity (Wildman–Crippen MR) is 148 cm³/mol. The summed E-state index contributed by atoms with van der Waals surface area (Å²) in [5, 5.41) is 8.53. The summed E-state index contributed by atoms with van der Waals surface area (Å²) in [5.74, 6) is 5.79. The van der Waals surface area contributed by atoms with Gasteiger partial charge in [0.2, 0.25) is 0 Å². The number of methoxy groups -OCH3 is 1. The van der Waals surface area contributed by atoms with Gasteiger partial charge >= 0.3 is 0 Å². The van der Waals surface area contributed by atoms with E-state index in [1.807, 2.05) is 35.0 Å². The highest BCUT2D eigenvalue weighted by atomic mass is 16.5. The van der Waals surface area contributed by atoms with Crippen molar-refractivity contribution >= 4 is 28.7 Å². The van der Waals surface area contributed by atoms with Crippen LogP contribution < -0.4 is 15.8 Å². The van der Waals surface area contributed by atoms with Crippen LogP contribution in [0.1, 0.15) is 41.7 Å². The van der Waals surface area contributed by atoms with Crippen molar-refractivity contribution in [2.24, 2.45) is 0 Å². The highest BCUT2D eigenvalue weighted by molar-refractivity contribution is 5.98. The molecule has 5 rings (SSSR count). The number of ether oxygens (including phenoxy) is 1. The molecule has 0 aliphatic carbocycles. The molecule has 1 aliphatic heterocycles. The smallest absolute Gasteiger partial charge is 0.298 e. The van der Waals surface area contributed by atoms with Crippen LogP contribution in [0, 0.1) is 11.8 Å². The molecule has 0 radical (unpaired) electrons. The van der Waals surface area contributed by atoms with Crippen molar-refractivity contribution in [2.75, 3.05) is 25.9 Å². The summed E-state index contributed by atoms with van der Waals surface area (Å²) >= 11 is 0. The van der Waals surface area contributed by atoms with Gasteiger partial charge in [0.15, 0.2) is 5.65 Å². The number of anilines is 1. The topological polar surface area (TPSA) is 128 Å². The van der Waals surface area contributed by atoms with E-state index in [9.17, 15) is 9.59 Å². The lowest BCUT2D eigenvalue weighted by atomic mass is 10.1. The van der Waals surface area contributed by atoms with Crippen LogP contribution >= 0.6 is 0 Å². The number of amides is 2. The number of fused-ring (bicyclic) bond motifs is 1. The molecule has 39 heavy (non-hydrogen) atoms. The van der Waals surface area contributed by atoms with Crippen LogP contribution in [0.2, 0.25) is 0 Å². The first kappa shape index (κ1) is 25.7. The maximum atomic E-state index is 12.7. The van der Waals surface area contributed by atoms with Gasteiger partial charge in [0.05, 0.1) is 24.1 Å². The van der Waals surface area contributed by atoms with Crippen LogP contribution in [0.15, 0.2) is 54.9 Å². The number of hydrogen-bond acceptors (Lipinski definition) is 7. The number of nitrogens with zero attached hydrogens (tertiary/aromatic N) is 5. The Morgan fingerprint density at radius 3 is 2.72 bits per heavy atom. The average Bonchev–Trinajstić information content (AvgIpc) is 3.37. The molecule has 1 aliphatic rings. The lowest BCUT2D eigenvalue weighted by Crippen LogP contribution is -2.40. The molecule has 1 atom stereocenters. The molecule has 3 N–H and O–H groups in total. The van der Waals surface area contributed by atoms with Crippen LogP contribution in [0.5, 0.6) is 5.75 Å². The molecule has 0 bridgehead atoms. The summed E-state index contributed by atoms with van der Waals surface area (Å²) in [7, 11) is 1.54. The summed E-state index contributed by atoms with van der Waals surface area (Å²) < 4.78 is 7.15. The van der Waals surface area contributed by atoms with Crippen molar-refractivity contribution in [1.82, 2.24) is 30.0 Å². The number of nitrogens with one attached hydrogen (secondary N) is 1. The maximum absolute atomic E-state index is 12.7. The van der Waals surface area contributed by atoms with Crippen molar-refractivity contribution < 1.29 is 14.3 Å². The van der Waals surface area contributed by atoms with Gasteiger partial charge in [0, 0.05) is 25.2 Å². The monoisotopic (exact) mass is 523 g/mol. The minimum Gasteiger partial charge on any atom is -0.496 e. The molecule has 198 valence electrons. The lowest BCUT2D eigenvalue weighted by molar-refractivity contribution is -0.126. The summed E-state index contributed by atoms with van der Waals surface area (Å²) in [4.78, 5) is 35.5. The van der Waals surface area contributed by atoms with Crippen molar-refractivity contribution in [3.63, 3.8) is 0 Å². The fraction of sp³-hybridized carbons (Fsp3) is 0.276. The standard InChI is InChI=1S/C29H29N7O3/c1-3-7-24(37)35-15-6-8-21(17-35)36-28-25(27(30)32-18-33-28)26(34-36)20-13-11-19(12-14-20)16-31-29(38)22-9-4-5-10-23(22)39-2/h4-5,9-14,18,21H,6,8,15-17H2,1-2H3,(H,31,38)(H2,30,32,33)/t21-/m1/s1. The first-order chi connectivity index (χ1) is 19.0. The van der Waals surface area contributed by atoms with E-state index in [-0.39, 0.29) is 17.9 Å². The summed E-state index contributed by atoms with van der Waals surface area (Å²) in [6, 6.07) is 14.8. The van der Waals surface area contributed by atoms with E-state index in [1.54, 1.807) is 37.1 Å². The molecule has 2 aromatic carbocycles. The van der Waals surface area contributed by atoms with Gasteiger partial charge in [-0.25, -0.2) is 14.6 Å². The zero-order valence-corrected chi connectivity index (χ0v) is 21.8. The van der Waals surface area contributed by atoms with Gasteiger partial charge in [0.1, 0.15) is 23.6 Å². The molecule has 0 unspecified atom stereocenters. The van der Waals surface area contributed by atoms with E-state index in [2.05, 4.69) is 27.1 Å². The lowest BCUT2D eigenvalue weighted by Gasteiger charge is -2.31. The van der Waals surface area contributed by atoms with Gasteiger partial charge in [0.25, 0.3) is 11.8 Å². The highest BCUT2D eigenvalue weighted by Crippen LogP contribution is 2.34. The Morgan fingerprint density at radius 2 is 1.95 bits per heavy atom. The third kappa shape index (κ3) is 5.25. The number of piperidine rings is 1. The van der Waals surface area contributed by atoms with Gasteiger partial charge in [-0.15, -0.1) is 0 Å². The van der Waals surface area contributed by atoms with Gasteiger partial charge < -0.3 is 20.7 Å². The summed E-state index contributed by atoms with van der Waals surface area (Å²) in [6.45, 7) is 3.18. The molecule has 1 fully saturated rings. The second-order valence-corrected chi connectivity index (χ2v) is 9.25. The number of rotatable bonds is 6. The number of hydrogen-bond donors (Lipinski definition) is 2. The zero-order valence-electron chi connectivity index (χ0n) is 21.8. The fourth-order valence-corrected chi connectivity index (χ4v) is 4.87. The second kappa shape index (κ2) is 11.2. The van der Waals surface area contributed by atoms with Gasteiger partial charge in [-0.1, -0.05) is 42.3 Å². The fourth-order valence-electron chi connectivity index (χ4n) is 4.87. The molecule has 2 amide bonds. The number of carbonyl (C=O) groups is 2. The Balaban J connectivity index is 1.39. The Kier molecular flexibility index (Phi) is 7.41. The second-order valence-electron chi connectivity index (χ2n) is 9.25. The van der Waals surface area contributed by atoms with E-state index in [1.165, 1.54) is 6.33 Å². The van der Waals surface area contributed by atoms with Crippen LogP contribution in [0.4, 0.5) is 5.82 Å². The number of carbonyl (C=O) groups excluding carboxylic acids is 2. The normalized spacial score (nSPS) is 14.9. The van der Waals surface area contributed by atoms with E-state index in [4.69, 9.17) is 15.6 Å². The molecule has 0 saturated carbocycles. The largest absolute Gasteiger partial charge is 0.496 e. The van der Waals surface area contributed by atoms with Crippen molar-refractivity contribution in [2.45, 2.75) is 32.4 Å². The zero-order chi connectivity index (χ0) is 27.4. The predicted octanol–water partition coefficient (Wildman–Crippen LogP) is 3.20. The SMILES string of the molecule is CC#CC(=O)N1CCC[C@@H](n2nc(-c3ccc(CNC(=O)c4ccccc4OC)cc3)c3c(N)ncnc32)C1. The van der Waals surface area contributed by atoms with Crippen molar-refractivity contribution in [3.05, 3.63) is 66.0 Å². The minimum absolute atomic E-state index is 0.0589. The summed E-state index contributed by atoms with van der Waals surface area (Å²) in [5.41, 5.74) is 9.85. The van der Waals surface area contributed by atoms with Crippen LogP contribution in [0.3, 0.4) is 0 Å². The number of likely N-dealkylation sites (tertiary alicyclic amines) is 1. The summed E-state index contributed by atoms with van der Waals surface area (Å²) in [6.07, 6.45) is 3.13. The van der Waals surface area contributed by atoms with E-state index in [0.717, 1.165) is 24.0 Å². The molecule has 2 aromatic heterocycles. The molecular weight excluding hydrogens is 494 g/mol. The van der Waals surface area contributed by atoms with Crippen molar-refractivity contribution in [1.29, 1.82) is 0 Å². The van der Waals surface area contributed by atoms with E-state index >= 15 is 0 Å². The van der Waals surface area contributed by atoms with Crippen LogP contribution in [-0.2, 0) is 11.3 Å². The maximum Gasteiger partial charge on any atom is 0.298 e. The quantitative estimate of drug-likeness (QED) is 0.372. The van der Waals surface area contributed by atoms with E-state index < -0.39 is 0 Å². The van der Waals surface area contributed by atoms with Crippen LogP contribution in [0.25, 0.3) is 22.3 Å². The molecule has 1 saturated heterocycles. The molecule has 10 nitrogen and oxygen atoms in total. The molecule has 0 spiro atoms. The van der Waals surface area contributed by atoms with Crippen molar-refractivity contribution in [3.8, 4) is 28.8 Å². The number of aromatic nitrogens is 4.